The van der Waals surface area contributed by atoms with Crippen molar-refractivity contribution in [3.8, 4) is 0 Å². The second-order valence-corrected chi connectivity index (χ2v) is 4.22. The van der Waals surface area contributed by atoms with Crippen LogP contribution in [0.25, 0.3) is 0 Å². The van der Waals surface area contributed by atoms with E-state index in [2.05, 4.69) is 11.3 Å². The molecule has 0 heterocycles. The quantitative estimate of drug-likeness (QED) is 0.402. The smallest absolute Gasteiger partial charge is 0.315 e. The molecular weight excluding hydrogens is 194 g/mol. The van der Waals surface area contributed by atoms with Crippen LogP contribution in [-0.4, -0.2) is 36.0 Å². The van der Waals surface area contributed by atoms with Crippen molar-refractivity contribution in [2.75, 3.05) is 13.7 Å². The summed E-state index contributed by atoms with van der Waals surface area (Å²) in [7, 11) is 1.27. The molecule has 4 heteroatoms. The van der Waals surface area contributed by atoms with Gasteiger partial charge in [-0.05, 0) is 20.8 Å². The molecule has 86 valence electrons. The van der Waals surface area contributed by atoms with E-state index in [1.165, 1.54) is 7.11 Å². The Labute approximate surface area is 90.9 Å². The standard InChI is InChI=1S/C11H19NO3/c1-6-7-12(11(2,3)4)9(13)8-10(14)15-5/h6H,1,7-8H2,2-5H3. The summed E-state index contributed by atoms with van der Waals surface area (Å²) in [6, 6.07) is 0. The summed E-state index contributed by atoms with van der Waals surface area (Å²) in [6.07, 6.45) is 1.42. The highest BCUT2D eigenvalue weighted by Gasteiger charge is 2.26. The summed E-state index contributed by atoms with van der Waals surface area (Å²) < 4.78 is 4.45. The maximum atomic E-state index is 11.7. The van der Waals surface area contributed by atoms with Crippen LogP contribution >= 0.6 is 0 Å². The molecule has 0 aliphatic heterocycles. The Kier molecular flexibility index (Phi) is 5.05. The minimum Gasteiger partial charge on any atom is -0.469 e. The first-order chi connectivity index (χ1) is 6.82. The number of ether oxygens (including phenoxy) is 1. The lowest BCUT2D eigenvalue weighted by atomic mass is 10.1. The molecule has 15 heavy (non-hydrogen) atoms. The normalized spacial score (nSPS) is 10.7. The van der Waals surface area contributed by atoms with Crippen molar-refractivity contribution in [2.45, 2.75) is 32.7 Å². The zero-order valence-corrected chi connectivity index (χ0v) is 9.87. The number of carbonyl (C=O) groups is 2. The van der Waals surface area contributed by atoms with Gasteiger partial charge in [-0.3, -0.25) is 9.59 Å². The van der Waals surface area contributed by atoms with E-state index in [0.29, 0.717) is 6.54 Å². The number of esters is 1. The molecule has 4 nitrogen and oxygen atoms in total. The second-order valence-electron chi connectivity index (χ2n) is 4.22. The first kappa shape index (κ1) is 13.7. The molecule has 1 amide bonds. The number of hydrogen-bond acceptors (Lipinski definition) is 3. The third-order valence-electron chi connectivity index (χ3n) is 1.95. The van der Waals surface area contributed by atoms with Crippen molar-refractivity contribution < 1.29 is 14.3 Å². The van der Waals surface area contributed by atoms with Crippen molar-refractivity contribution in [3.63, 3.8) is 0 Å². The van der Waals surface area contributed by atoms with Gasteiger partial charge < -0.3 is 9.64 Å². The number of nitrogens with zero attached hydrogens (tertiary/aromatic N) is 1. The molecule has 0 saturated carbocycles. The minimum atomic E-state index is -0.515. The molecule has 0 rings (SSSR count). The average molecular weight is 213 g/mol. The largest absolute Gasteiger partial charge is 0.469 e. The van der Waals surface area contributed by atoms with Gasteiger partial charge in [0.25, 0.3) is 0 Å². The average Bonchev–Trinajstić information content (AvgIpc) is 2.11. The molecule has 0 aliphatic carbocycles. The van der Waals surface area contributed by atoms with Gasteiger partial charge in [0.2, 0.25) is 5.91 Å². The summed E-state index contributed by atoms with van der Waals surface area (Å²) in [5.41, 5.74) is -0.320. The van der Waals surface area contributed by atoms with Crippen LogP contribution in [0, 0.1) is 0 Å². The minimum absolute atomic E-state index is 0.221. The van der Waals surface area contributed by atoms with Gasteiger partial charge in [-0.2, -0.15) is 0 Å². The van der Waals surface area contributed by atoms with E-state index in [9.17, 15) is 9.59 Å². The van der Waals surface area contributed by atoms with Gasteiger partial charge in [0.05, 0.1) is 7.11 Å². The first-order valence-corrected chi connectivity index (χ1v) is 4.81. The Hall–Kier alpha value is -1.32. The van der Waals surface area contributed by atoms with E-state index in [1.807, 2.05) is 20.8 Å². The van der Waals surface area contributed by atoms with Gasteiger partial charge in [0.15, 0.2) is 0 Å². The SMILES string of the molecule is C=CCN(C(=O)CC(=O)OC)C(C)(C)C. The lowest BCUT2D eigenvalue weighted by Gasteiger charge is -2.34. The molecule has 0 unspecified atom stereocenters. The van der Waals surface area contributed by atoms with Crippen LogP contribution in [0.4, 0.5) is 0 Å². The zero-order valence-electron chi connectivity index (χ0n) is 9.87. The number of amides is 1. The first-order valence-electron chi connectivity index (χ1n) is 4.81. The lowest BCUT2D eigenvalue weighted by Crippen LogP contribution is -2.46. The Balaban J connectivity index is 4.56. The molecule has 0 bridgehead atoms. The van der Waals surface area contributed by atoms with Gasteiger partial charge in [-0.25, -0.2) is 0 Å². The summed E-state index contributed by atoms with van der Waals surface area (Å²) in [5, 5.41) is 0. The lowest BCUT2D eigenvalue weighted by molar-refractivity contribution is -0.148. The third kappa shape index (κ3) is 4.63. The molecule has 0 radical (unpaired) electrons. The summed E-state index contributed by atoms with van der Waals surface area (Å²) >= 11 is 0. The highest BCUT2D eigenvalue weighted by Crippen LogP contribution is 2.14. The molecule has 0 atom stereocenters. The maximum Gasteiger partial charge on any atom is 0.315 e. The Bertz CT molecular complexity index is 253. The van der Waals surface area contributed by atoms with Crippen molar-refractivity contribution in [2.24, 2.45) is 0 Å². The summed E-state index contributed by atoms with van der Waals surface area (Å²) in [5.74, 6) is -0.757. The van der Waals surface area contributed by atoms with Gasteiger partial charge >= 0.3 is 5.97 Å². The zero-order chi connectivity index (χ0) is 12.1. The summed E-state index contributed by atoms with van der Waals surface area (Å²) in [4.78, 5) is 24.3. The van der Waals surface area contributed by atoms with Crippen LogP contribution in [-0.2, 0) is 14.3 Å². The Morgan fingerprint density at radius 2 is 1.93 bits per heavy atom. The predicted molar refractivity (Wildman–Crippen MR) is 58.3 cm³/mol. The van der Waals surface area contributed by atoms with E-state index in [-0.39, 0.29) is 17.9 Å². The second kappa shape index (κ2) is 5.53. The van der Waals surface area contributed by atoms with Crippen molar-refractivity contribution in [1.29, 1.82) is 0 Å². The van der Waals surface area contributed by atoms with Crippen LogP contribution in [0.5, 0.6) is 0 Å². The van der Waals surface area contributed by atoms with Crippen LogP contribution in [0.15, 0.2) is 12.7 Å². The molecule has 0 spiro atoms. The highest BCUT2D eigenvalue weighted by molar-refractivity contribution is 5.94. The van der Waals surface area contributed by atoms with Crippen molar-refractivity contribution in [3.05, 3.63) is 12.7 Å². The van der Waals surface area contributed by atoms with Gasteiger partial charge in [0.1, 0.15) is 6.42 Å². The van der Waals surface area contributed by atoms with Gasteiger partial charge in [-0.15, -0.1) is 6.58 Å². The predicted octanol–water partition coefficient (Wildman–Crippen LogP) is 1.36. The van der Waals surface area contributed by atoms with Crippen LogP contribution < -0.4 is 0 Å². The maximum absolute atomic E-state index is 11.7. The topological polar surface area (TPSA) is 46.6 Å². The molecule has 0 N–H and O–H groups in total. The van der Waals surface area contributed by atoms with Gasteiger partial charge in [0, 0.05) is 12.1 Å². The molecule has 0 saturated heterocycles. The number of carbonyl (C=O) groups excluding carboxylic acids is 2. The number of methoxy groups -OCH3 is 1. The summed E-state index contributed by atoms with van der Waals surface area (Å²) in [6.45, 7) is 9.74. The van der Waals surface area contributed by atoms with E-state index < -0.39 is 5.97 Å². The van der Waals surface area contributed by atoms with Crippen molar-refractivity contribution >= 4 is 11.9 Å². The van der Waals surface area contributed by atoms with Crippen LogP contribution in [0.2, 0.25) is 0 Å². The molecule has 0 fully saturated rings. The van der Waals surface area contributed by atoms with E-state index in [4.69, 9.17) is 0 Å². The number of rotatable bonds is 4. The van der Waals surface area contributed by atoms with E-state index >= 15 is 0 Å². The molecule has 0 aromatic heterocycles. The number of hydrogen-bond donors (Lipinski definition) is 0. The van der Waals surface area contributed by atoms with E-state index in [0.717, 1.165) is 0 Å². The van der Waals surface area contributed by atoms with Crippen molar-refractivity contribution in [1.82, 2.24) is 4.90 Å². The fraction of sp³-hybridized carbons (Fsp3) is 0.636. The Morgan fingerprint density at radius 1 is 1.40 bits per heavy atom. The highest BCUT2D eigenvalue weighted by atomic mass is 16.5. The fourth-order valence-corrected chi connectivity index (χ4v) is 1.17. The Morgan fingerprint density at radius 3 is 2.27 bits per heavy atom. The van der Waals surface area contributed by atoms with Gasteiger partial charge in [-0.1, -0.05) is 6.08 Å². The molecule has 0 aromatic rings. The van der Waals surface area contributed by atoms with Crippen LogP contribution in [0.3, 0.4) is 0 Å². The third-order valence-corrected chi connectivity index (χ3v) is 1.95. The molecule has 0 aromatic carbocycles. The van der Waals surface area contributed by atoms with Crippen LogP contribution in [0.1, 0.15) is 27.2 Å². The monoisotopic (exact) mass is 213 g/mol. The van der Waals surface area contributed by atoms with E-state index in [1.54, 1.807) is 11.0 Å². The molecular formula is C11H19NO3. The molecule has 0 aliphatic rings. The fourth-order valence-electron chi connectivity index (χ4n) is 1.17.